The van der Waals surface area contributed by atoms with Crippen LogP contribution in [-0.2, 0) is 11.2 Å². The molecule has 0 saturated carbocycles. The Morgan fingerprint density at radius 1 is 0.941 bits per heavy atom. The molecule has 2 aromatic carbocycles. The van der Waals surface area contributed by atoms with E-state index in [2.05, 4.69) is 42.5 Å². The van der Waals surface area contributed by atoms with E-state index in [0.717, 1.165) is 26.1 Å². The van der Waals surface area contributed by atoms with Crippen molar-refractivity contribution >= 4 is 10.8 Å². The second kappa shape index (κ2) is 6.41. The summed E-state index contributed by atoms with van der Waals surface area (Å²) in [7, 11) is 0. The Balaban J connectivity index is 1.90. The number of ether oxygens (including phenoxy) is 1. The number of rotatable bonds is 6. The summed E-state index contributed by atoms with van der Waals surface area (Å²) in [5.41, 5.74) is 1.43. The first-order chi connectivity index (χ1) is 8.40. The van der Waals surface area contributed by atoms with Crippen LogP contribution in [0, 0.1) is 0 Å². The molecule has 0 unspecified atom stereocenters. The third kappa shape index (κ3) is 3.57. The zero-order valence-corrected chi connectivity index (χ0v) is 10.5. The van der Waals surface area contributed by atoms with Crippen molar-refractivity contribution in [2.45, 2.75) is 26.2 Å². The van der Waals surface area contributed by atoms with Crippen LogP contribution < -0.4 is 0 Å². The van der Waals surface area contributed by atoms with Crippen LogP contribution in [0.3, 0.4) is 0 Å². The number of fused-ring (bicyclic) bond motifs is 1. The fourth-order valence-corrected chi connectivity index (χ4v) is 2.07. The summed E-state index contributed by atoms with van der Waals surface area (Å²) in [6.45, 7) is 3.77. The van der Waals surface area contributed by atoms with Crippen LogP contribution in [0.25, 0.3) is 10.8 Å². The van der Waals surface area contributed by atoms with Crippen molar-refractivity contribution in [3.8, 4) is 0 Å². The molecule has 0 amide bonds. The van der Waals surface area contributed by atoms with Gasteiger partial charge in [-0.25, -0.2) is 0 Å². The Hall–Kier alpha value is -1.34. The van der Waals surface area contributed by atoms with Crippen molar-refractivity contribution in [3.63, 3.8) is 0 Å². The van der Waals surface area contributed by atoms with E-state index in [1.54, 1.807) is 0 Å². The SMILES string of the molecule is CCOCCCCc1ccc2ccccc2c1. The van der Waals surface area contributed by atoms with Crippen LogP contribution in [0.15, 0.2) is 42.5 Å². The molecule has 1 nitrogen and oxygen atoms in total. The largest absolute Gasteiger partial charge is 0.382 e. The van der Waals surface area contributed by atoms with Crippen molar-refractivity contribution in [2.75, 3.05) is 13.2 Å². The van der Waals surface area contributed by atoms with Gasteiger partial charge in [0.2, 0.25) is 0 Å². The lowest BCUT2D eigenvalue weighted by molar-refractivity contribution is 0.143. The maximum Gasteiger partial charge on any atom is 0.0466 e. The number of unbranched alkanes of at least 4 members (excludes halogenated alkanes) is 1. The zero-order valence-electron chi connectivity index (χ0n) is 10.5. The summed E-state index contributed by atoms with van der Waals surface area (Å²) in [6.07, 6.45) is 3.51. The maximum atomic E-state index is 5.34. The minimum Gasteiger partial charge on any atom is -0.382 e. The second-order valence-electron chi connectivity index (χ2n) is 4.34. The number of hydrogen-bond donors (Lipinski definition) is 0. The van der Waals surface area contributed by atoms with Crippen molar-refractivity contribution < 1.29 is 4.74 Å². The maximum absolute atomic E-state index is 5.34. The average Bonchev–Trinajstić information content (AvgIpc) is 2.38. The van der Waals surface area contributed by atoms with Gasteiger partial charge in [-0.3, -0.25) is 0 Å². The molecule has 0 aliphatic rings. The molecule has 90 valence electrons. The molecule has 0 fully saturated rings. The Bertz CT molecular complexity index is 462. The van der Waals surface area contributed by atoms with Gasteiger partial charge >= 0.3 is 0 Å². The fraction of sp³-hybridized carbons (Fsp3) is 0.375. The summed E-state index contributed by atoms with van der Waals surface area (Å²) < 4.78 is 5.34. The lowest BCUT2D eigenvalue weighted by Gasteiger charge is -2.04. The van der Waals surface area contributed by atoms with Gasteiger partial charge in [0.25, 0.3) is 0 Å². The molecule has 2 rings (SSSR count). The number of hydrogen-bond acceptors (Lipinski definition) is 1. The van der Waals surface area contributed by atoms with E-state index in [9.17, 15) is 0 Å². The summed E-state index contributed by atoms with van der Waals surface area (Å²) in [6, 6.07) is 15.3. The van der Waals surface area contributed by atoms with E-state index in [1.807, 2.05) is 6.92 Å². The highest BCUT2D eigenvalue weighted by Gasteiger charge is 1.96. The standard InChI is InChI=1S/C16H20O/c1-2-17-12-6-5-7-14-10-11-15-8-3-4-9-16(15)13-14/h3-4,8-11,13H,2,5-7,12H2,1H3. The molecule has 0 saturated heterocycles. The van der Waals surface area contributed by atoms with Gasteiger partial charge in [-0.15, -0.1) is 0 Å². The van der Waals surface area contributed by atoms with E-state index in [0.29, 0.717) is 0 Å². The normalized spacial score (nSPS) is 10.9. The minimum atomic E-state index is 0.829. The summed E-state index contributed by atoms with van der Waals surface area (Å²) >= 11 is 0. The van der Waals surface area contributed by atoms with Crippen LogP contribution in [0.5, 0.6) is 0 Å². The third-order valence-electron chi connectivity index (χ3n) is 3.02. The molecular formula is C16H20O. The number of aryl methyl sites for hydroxylation is 1. The predicted octanol–water partition coefficient (Wildman–Crippen LogP) is 4.20. The van der Waals surface area contributed by atoms with Crippen molar-refractivity contribution in [3.05, 3.63) is 48.0 Å². The Labute approximate surface area is 103 Å². The molecule has 0 bridgehead atoms. The monoisotopic (exact) mass is 228 g/mol. The Kier molecular flexibility index (Phi) is 4.57. The van der Waals surface area contributed by atoms with E-state index in [-0.39, 0.29) is 0 Å². The highest BCUT2D eigenvalue weighted by Crippen LogP contribution is 2.16. The Morgan fingerprint density at radius 3 is 2.59 bits per heavy atom. The Morgan fingerprint density at radius 2 is 1.76 bits per heavy atom. The quantitative estimate of drug-likeness (QED) is 0.673. The van der Waals surface area contributed by atoms with E-state index in [4.69, 9.17) is 4.74 Å². The molecular weight excluding hydrogens is 208 g/mol. The summed E-state index contributed by atoms with van der Waals surface area (Å²) in [4.78, 5) is 0. The first-order valence-electron chi connectivity index (χ1n) is 6.45. The van der Waals surface area contributed by atoms with Gasteiger partial charge in [0.1, 0.15) is 0 Å². The molecule has 0 N–H and O–H groups in total. The second-order valence-corrected chi connectivity index (χ2v) is 4.34. The molecule has 0 aliphatic heterocycles. The molecule has 0 heterocycles. The van der Waals surface area contributed by atoms with Gasteiger partial charge in [0.15, 0.2) is 0 Å². The molecule has 1 heteroatoms. The molecule has 0 spiro atoms. The molecule has 0 radical (unpaired) electrons. The lowest BCUT2D eigenvalue weighted by atomic mass is 10.0. The van der Waals surface area contributed by atoms with E-state index < -0.39 is 0 Å². The fourth-order valence-electron chi connectivity index (χ4n) is 2.07. The van der Waals surface area contributed by atoms with Gasteiger partial charge in [-0.05, 0) is 42.5 Å². The number of benzene rings is 2. The van der Waals surface area contributed by atoms with Gasteiger partial charge in [-0.1, -0.05) is 42.5 Å². The first kappa shape index (κ1) is 12.1. The van der Waals surface area contributed by atoms with Gasteiger partial charge in [-0.2, -0.15) is 0 Å². The molecule has 0 atom stereocenters. The van der Waals surface area contributed by atoms with Crippen LogP contribution in [0.2, 0.25) is 0 Å². The smallest absolute Gasteiger partial charge is 0.0466 e. The zero-order chi connectivity index (χ0) is 11.9. The van der Waals surface area contributed by atoms with Crippen molar-refractivity contribution in [1.82, 2.24) is 0 Å². The van der Waals surface area contributed by atoms with Crippen LogP contribution >= 0.6 is 0 Å². The van der Waals surface area contributed by atoms with Gasteiger partial charge < -0.3 is 4.74 Å². The minimum absolute atomic E-state index is 0.829. The third-order valence-corrected chi connectivity index (χ3v) is 3.02. The van der Waals surface area contributed by atoms with Crippen molar-refractivity contribution in [1.29, 1.82) is 0 Å². The van der Waals surface area contributed by atoms with Crippen molar-refractivity contribution in [2.24, 2.45) is 0 Å². The molecule has 0 aliphatic carbocycles. The van der Waals surface area contributed by atoms with Crippen LogP contribution in [-0.4, -0.2) is 13.2 Å². The molecule has 17 heavy (non-hydrogen) atoms. The van der Waals surface area contributed by atoms with E-state index in [1.165, 1.54) is 22.8 Å². The van der Waals surface area contributed by atoms with Gasteiger partial charge in [0, 0.05) is 13.2 Å². The highest BCUT2D eigenvalue weighted by molar-refractivity contribution is 5.82. The molecule has 0 aromatic heterocycles. The van der Waals surface area contributed by atoms with Crippen LogP contribution in [0.1, 0.15) is 25.3 Å². The first-order valence-corrected chi connectivity index (χ1v) is 6.45. The average molecular weight is 228 g/mol. The highest BCUT2D eigenvalue weighted by atomic mass is 16.5. The molecule has 2 aromatic rings. The van der Waals surface area contributed by atoms with E-state index >= 15 is 0 Å². The summed E-state index contributed by atoms with van der Waals surface area (Å²) in [5, 5.41) is 2.67. The van der Waals surface area contributed by atoms with Crippen LogP contribution in [0.4, 0.5) is 0 Å². The summed E-state index contributed by atoms with van der Waals surface area (Å²) in [5.74, 6) is 0. The van der Waals surface area contributed by atoms with Gasteiger partial charge in [0.05, 0.1) is 0 Å². The lowest BCUT2D eigenvalue weighted by Crippen LogP contribution is -1.94. The topological polar surface area (TPSA) is 9.23 Å². The predicted molar refractivity (Wildman–Crippen MR) is 73.4 cm³/mol.